The first kappa shape index (κ1) is 17.2. The standard InChI is InChI=1S/C32H18N2/c33-16-18-15-25-28(27-19-8-2-1-7-17(19)13-14-24(27)34-25)29-26(18)30-20-9-3-5-11-22(20)32(30)23-12-6-4-10-21(23)31(29)32/h1-15,30-31,34H. The van der Waals surface area contributed by atoms with E-state index in [1.165, 1.54) is 54.9 Å². The Labute approximate surface area is 196 Å². The zero-order valence-corrected chi connectivity index (χ0v) is 18.3. The Morgan fingerprint density at radius 1 is 0.676 bits per heavy atom. The lowest BCUT2D eigenvalue weighted by Gasteiger charge is -2.58. The number of nitrogens with one attached hydrogen (secondary N) is 1. The summed E-state index contributed by atoms with van der Waals surface area (Å²) in [4.78, 5) is 3.68. The zero-order valence-electron chi connectivity index (χ0n) is 18.3. The average molecular weight is 431 g/mol. The van der Waals surface area contributed by atoms with Gasteiger partial charge in [0.05, 0.1) is 11.6 Å². The number of aromatic nitrogens is 1. The second-order valence-corrected chi connectivity index (χ2v) is 10.0. The first-order valence-electron chi connectivity index (χ1n) is 11.9. The number of H-pyrrole nitrogens is 1. The second kappa shape index (κ2) is 5.41. The molecule has 2 nitrogen and oxygen atoms in total. The molecule has 3 unspecified atom stereocenters. The van der Waals surface area contributed by atoms with Crippen LogP contribution in [-0.4, -0.2) is 4.98 Å². The molecule has 1 aromatic heterocycles. The molecule has 1 heterocycles. The molecule has 156 valence electrons. The molecule has 0 amide bonds. The van der Waals surface area contributed by atoms with Gasteiger partial charge < -0.3 is 4.98 Å². The minimum absolute atomic E-state index is 0.0381. The van der Waals surface area contributed by atoms with Gasteiger partial charge in [-0.25, -0.2) is 0 Å². The summed E-state index contributed by atoms with van der Waals surface area (Å²) in [5, 5.41) is 15.5. The molecule has 0 saturated carbocycles. The van der Waals surface area contributed by atoms with E-state index in [4.69, 9.17) is 0 Å². The van der Waals surface area contributed by atoms with E-state index in [1.54, 1.807) is 0 Å². The summed E-state index contributed by atoms with van der Waals surface area (Å²) in [5.74, 6) is 0.532. The highest BCUT2D eigenvalue weighted by atomic mass is 14.7. The summed E-state index contributed by atoms with van der Waals surface area (Å²) >= 11 is 0. The van der Waals surface area contributed by atoms with Crippen LogP contribution in [-0.2, 0) is 5.41 Å². The lowest BCUT2D eigenvalue weighted by Crippen LogP contribution is -2.52. The van der Waals surface area contributed by atoms with Crippen molar-refractivity contribution in [1.82, 2.24) is 4.98 Å². The van der Waals surface area contributed by atoms with Gasteiger partial charge in [-0.1, -0.05) is 78.9 Å². The summed E-state index contributed by atoms with van der Waals surface area (Å²) in [5.41, 5.74) is 11.3. The summed E-state index contributed by atoms with van der Waals surface area (Å²) in [6.45, 7) is 0. The maximum atomic E-state index is 10.3. The Morgan fingerprint density at radius 3 is 2.12 bits per heavy atom. The molecule has 2 heteroatoms. The lowest BCUT2D eigenvalue weighted by molar-refractivity contribution is 0.333. The monoisotopic (exact) mass is 430 g/mol. The zero-order chi connectivity index (χ0) is 22.2. The number of hydrogen-bond acceptors (Lipinski definition) is 1. The Hall–Kier alpha value is -4.35. The highest BCUT2D eigenvalue weighted by molar-refractivity contribution is 6.22. The molecular weight excluding hydrogens is 412 g/mol. The number of benzene rings is 5. The highest BCUT2D eigenvalue weighted by Crippen LogP contribution is 2.78. The van der Waals surface area contributed by atoms with E-state index >= 15 is 0 Å². The smallest absolute Gasteiger partial charge is 0.0995 e. The first-order valence-corrected chi connectivity index (χ1v) is 11.9. The van der Waals surface area contributed by atoms with E-state index in [-0.39, 0.29) is 17.3 Å². The molecule has 1 spiro atoms. The second-order valence-electron chi connectivity index (χ2n) is 10.0. The molecule has 0 radical (unpaired) electrons. The number of hydrogen-bond donors (Lipinski definition) is 1. The third-order valence-electron chi connectivity index (χ3n) is 8.90. The Bertz CT molecular complexity index is 1950. The van der Waals surface area contributed by atoms with Crippen LogP contribution in [0.25, 0.3) is 32.6 Å². The maximum Gasteiger partial charge on any atom is 0.0995 e. The number of nitriles is 1. The van der Waals surface area contributed by atoms with Crippen LogP contribution in [0.1, 0.15) is 50.8 Å². The summed E-state index contributed by atoms with van der Waals surface area (Å²) in [6.07, 6.45) is 0. The van der Waals surface area contributed by atoms with Gasteiger partial charge in [-0.15, -0.1) is 0 Å². The van der Waals surface area contributed by atoms with Crippen molar-refractivity contribution in [3.8, 4) is 6.07 Å². The topological polar surface area (TPSA) is 39.6 Å². The molecule has 9 rings (SSSR count). The fourth-order valence-corrected chi connectivity index (χ4v) is 7.87. The predicted octanol–water partition coefficient (Wildman–Crippen LogP) is 7.24. The fraction of sp³-hybridized carbons (Fsp3) is 0.0938. The summed E-state index contributed by atoms with van der Waals surface area (Å²) < 4.78 is 0. The SMILES string of the molecule is N#Cc1cc2[nH]c3ccc4ccccc4c3c2c2c1C1c3ccccc3C13c1ccccc1C23. The molecule has 0 saturated heterocycles. The molecule has 0 aliphatic heterocycles. The molecule has 3 aliphatic carbocycles. The fourth-order valence-electron chi connectivity index (χ4n) is 7.87. The van der Waals surface area contributed by atoms with E-state index in [2.05, 4.69) is 102 Å². The van der Waals surface area contributed by atoms with E-state index in [0.717, 1.165) is 16.6 Å². The van der Waals surface area contributed by atoms with Crippen LogP contribution >= 0.6 is 0 Å². The van der Waals surface area contributed by atoms with Gasteiger partial charge in [-0.3, -0.25) is 0 Å². The maximum absolute atomic E-state index is 10.3. The van der Waals surface area contributed by atoms with Gasteiger partial charge in [-0.2, -0.15) is 5.26 Å². The van der Waals surface area contributed by atoms with Crippen LogP contribution in [0, 0.1) is 11.3 Å². The van der Waals surface area contributed by atoms with Crippen LogP contribution in [0.15, 0.2) is 91.0 Å². The van der Waals surface area contributed by atoms with Crippen LogP contribution in [0.2, 0.25) is 0 Å². The lowest BCUT2D eigenvalue weighted by atomic mass is 9.43. The van der Waals surface area contributed by atoms with E-state index < -0.39 is 0 Å². The quantitative estimate of drug-likeness (QED) is 0.271. The van der Waals surface area contributed by atoms with Gasteiger partial charge in [0.2, 0.25) is 0 Å². The minimum Gasteiger partial charge on any atom is -0.354 e. The molecule has 6 aromatic rings. The number of nitrogens with zero attached hydrogens (tertiary/aromatic N) is 1. The predicted molar refractivity (Wildman–Crippen MR) is 135 cm³/mol. The van der Waals surface area contributed by atoms with Gasteiger partial charge in [0.25, 0.3) is 0 Å². The molecular formula is C32H18N2. The van der Waals surface area contributed by atoms with Crippen molar-refractivity contribution in [2.75, 3.05) is 0 Å². The van der Waals surface area contributed by atoms with Crippen molar-refractivity contribution in [2.24, 2.45) is 0 Å². The number of aromatic amines is 1. The summed E-state index contributed by atoms with van der Waals surface area (Å²) in [6, 6.07) is 35.6. The van der Waals surface area contributed by atoms with Crippen LogP contribution in [0.3, 0.4) is 0 Å². The Balaban J connectivity index is 1.53. The Kier molecular flexibility index (Phi) is 2.73. The van der Waals surface area contributed by atoms with Crippen molar-refractivity contribution >= 4 is 32.6 Å². The molecule has 0 bridgehead atoms. The van der Waals surface area contributed by atoms with Crippen molar-refractivity contribution < 1.29 is 0 Å². The number of rotatable bonds is 0. The van der Waals surface area contributed by atoms with Gasteiger partial charge in [0, 0.05) is 39.1 Å². The van der Waals surface area contributed by atoms with Gasteiger partial charge in [0.1, 0.15) is 0 Å². The molecule has 34 heavy (non-hydrogen) atoms. The van der Waals surface area contributed by atoms with Crippen molar-refractivity contribution in [3.05, 3.63) is 130 Å². The van der Waals surface area contributed by atoms with Crippen LogP contribution < -0.4 is 0 Å². The van der Waals surface area contributed by atoms with Gasteiger partial charge >= 0.3 is 0 Å². The van der Waals surface area contributed by atoms with Gasteiger partial charge in [-0.05, 0) is 56.3 Å². The van der Waals surface area contributed by atoms with Crippen molar-refractivity contribution in [2.45, 2.75) is 17.3 Å². The average Bonchev–Trinajstić information content (AvgIpc) is 3.34. The van der Waals surface area contributed by atoms with E-state index in [0.29, 0.717) is 0 Å². The largest absolute Gasteiger partial charge is 0.354 e. The van der Waals surface area contributed by atoms with E-state index in [9.17, 15) is 5.26 Å². The molecule has 3 atom stereocenters. The molecule has 0 fully saturated rings. The summed E-state index contributed by atoms with van der Waals surface area (Å²) in [7, 11) is 0. The molecule has 1 N–H and O–H groups in total. The molecule has 5 aromatic carbocycles. The highest BCUT2D eigenvalue weighted by Gasteiger charge is 2.70. The van der Waals surface area contributed by atoms with Gasteiger partial charge in [0.15, 0.2) is 0 Å². The van der Waals surface area contributed by atoms with Crippen LogP contribution in [0.5, 0.6) is 0 Å². The Morgan fingerprint density at radius 2 is 1.35 bits per heavy atom. The third kappa shape index (κ3) is 1.58. The molecule has 3 aliphatic rings. The van der Waals surface area contributed by atoms with Crippen molar-refractivity contribution in [1.29, 1.82) is 5.26 Å². The normalized spacial score (nSPS) is 22.8. The third-order valence-corrected chi connectivity index (χ3v) is 8.90. The first-order chi connectivity index (χ1) is 16.8. The number of fused-ring (bicyclic) bond motifs is 13. The van der Waals surface area contributed by atoms with E-state index in [1.807, 2.05) is 0 Å². The van der Waals surface area contributed by atoms with Crippen molar-refractivity contribution in [3.63, 3.8) is 0 Å². The minimum atomic E-state index is -0.0381. The van der Waals surface area contributed by atoms with Crippen LogP contribution in [0.4, 0.5) is 0 Å².